The lowest BCUT2D eigenvalue weighted by molar-refractivity contribution is 0.173. The molecule has 118 valence electrons. The molecule has 0 aliphatic heterocycles. The van der Waals surface area contributed by atoms with Gasteiger partial charge in [0.05, 0.1) is 14.2 Å². The van der Waals surface area contributed by atoms with Crippen LogP contribution in [0.1, 0.15) is 46.5 Å². The van der Waals surface area contributed by atoms with Crippen molar-refractivity contribution in [1.82, 2.24) is 0 Å². The zero-order valence-corrected chi connectivity index (χ0v) is 14.0. The van der Waals surface area contributed by atoms with Gasteiger partial charge in [-0.05, 0) is 49.1 Å². The van der Waals surface area contributed by atoms with Gasteiger partial charge in [0.15, 0.2) is 11.5 Å². The summed E-state index contributed by atoms with van der Waals surface area (Å²) in [7, 11) is 3.34. The second kappa shape index (κ2) is 6.59. The molecular weight excluding hydrogens is 262 g/mol. The molecule has 0 amide bonds. The van der Waals surface area contributed by atoms with Crippen LogP contribution in [-0.4, -0.2) is 20.3 Å². The van der Waals surface area contributed by atoms with Gasteiger partial charge in [-0.15, -0.1) is 0 Å². The van der Waals surface area contributed by atoms with Crippen molar-refractivity contribution in [2.75, 3.05) is 19.5 Å². The van der Waals surface area contributed by atoms with Crippen LogP contribution in [-0.2, 0) is 0 Å². The van der Waals surface area contributed by atoms with Gasteiger partial charge in [0, 0.05) is 17.8 Å². The summed E-state index contributed by atoms with van der Waals surface area (Å²) in [6, 6.07) is 6.62. The summed E-state index contributed by atoms with van der Waals surface area (Å²) < 4.78 is 10.6. The molecule has 1 aromatic rings. The van der Waals surface area contributed by atoms with E-state index in [1.165, 1.54) is 25.7 Å². The minimum absolute atomic E-state index is 0.439. The number of methoxy groups -OCH3 is 2. The minimum Gasteiger partial charge on any atom is -0.493 e. The van der Waals surface area contributed by atoms with Gasteiger partial charge in [0.2, 0.25) is 0 Å². The van der Waals surface area contributed by atoms with Crippen molar-refractivity contribution in [1.29, 1.82) is 0 Å². The van der Waals surface area contributed by atoms with Gasteiger partial charge < -0.3 is 14.8 Å². The van der Waals surface area contributed by atoms with Crippen LogP contribution in [0.2, 0.25) is 0 Å². The molecule has 0 heterocycles. The van der Waals surface area contributed by atoms with E-state index in [1.807, 2.05) is 12.1 Å². The maximum Gasteiger partial charge on any atom is 0.162 e. The van der Waals surface area contributed by atoms with Crippen LogP contribution >= 0.6 is 0 Å². The summed E-state index contributed by atoms with van der Waals surface area (Å²) in [5.74, 6) is 2.41. The predicted octanol–water partition coefficient (Wildman–Crippen LogP) is 4.72. The summed E-state index contributed by atoms with van der Waals surface area (Å²) in [6.45, 7) is 7.08. The normalized spacial score (nSPS) is 22.7. The number of hydrogen-bond acceptors (Lipinski definition) is 3. The molecular formula is C18H29NO2. The van der Waals surface area contributed by atoms with Gasteiger partial charge in [-0.1, -0.05) is 20.8 Å². The van der Waals surface area contributed by atoms with Crippen molar-refractivity contribution >= 4 is 5.69 Å². The summed E-state index contributed by atoms with van der Waals surface area (Å²) in [5, 5.41) is 3.64. The molecule has 0 aromatic heterocycles. The molecule has 1 N–H and O–H groups in total. The predicted molar refractivity (Wildman–Crippen MR) is 88.4 cm³/mol. The van der Waals surface area contributed by atoms with Crippen LogP contribution in [0.3, 0.4) is 0 Å². The Morgan fingerprint density at radius 2 is 1.57 bits per heavy atom. The van der Waals surface area contributed by atoms with Gasteiger partial charge >= 0.3 is 0 Å². The molecule has 2 rings (SSSR count). The Morgan fingerprint density at radius 3 is 2.10 bits per heavy atom. The first-order chi connectivity index (χ1) is 9.94. The first kappa shape index (κ1) is 16.0. The van der Waals surface area contributed by atoms with Crippen molar-refractivity contribution in [3.63, 3.8) is 0 Å². The Bertz CT molecular complexity index is 457. The first-order valence-electron chi connectivity index (χ1n) is 7.92. The standard InChI is InChI=1S/C18H29NO2/c1-18(2,3)13-6-8-14(9-7-13)19-15-10-11-16(20-4)17(12-15)21-5/h10-14,19H,6-9H2,1-5H3. The van der Waals surface area contributed by atoms with Crippen LogP contribution in [0.25, 0.3) is 0 Å². The fourth-order valence-electron chi connectivity index (χ4n) is 3.27. The lowest BCUT2D eigenvalue weighted by Crippen LogP contribution is -2.31. The van der Waals surface area contributed by atoms with Crippen molar-refractivity contribution in [3.8, 4) is 11.5 Å². The highest BCUT2D eigenvalue weighted by molar-refractivity contribution is 5.55. The van der Waals surface area contributed by atoms with E-state index in [4.69, 9.17) is 9.47 Å². The largest absolute Gasteiger partial charge is 0.493 e. The SMILES string of the molecule is COc1ccc(NC2CCC(C(C)(C)C)CC2)cc1OC. The fourth-order valence-corrected chi connectivity index (χ4v) is 3.27. The van der Waals surface area contributed by atoms with E-state index in [0.29, 0.717) is 11.5 Å². The van der Waals surface area contributed by atoms with E-state index in [-0.39, 0.29) is 0 Å². The maximum atomic E-state index is 5.36. The third-order valence-corrected chi connectivity index (χ3v) is 4.71. The van der Waals surface area contributed by atoms with Crippen molar-refractivity contribution in [2.24, 2.45) is 11.3 Å². The van der Waals surface area contributed by atoms with Gasteiger partial charge in [-0.3, -0.25) is 0 Å². The number of rotatable bonds is 4. The number of hydrogen-bond donors (Lipinski definition) is 1. The molecule has 21 heavy (non-hydrogen) atoms. The Balaban J connectivity index is 1.95. The van der Waals surface area contributed by atoms with Gasteiger partial charge in [-0.25, -0.2) is 0 Å². The molecule has 0 atom stereocenters. The fraction of sp³-hybridized carbons (Fsp3) is 0.667. The summed E-state index contributed by atoms with van der Waals surface area (Å²) >= 11 is 0. The van der Waals surface area contributed by atoms with Crippen molar-refractivity contribution in [3.05, 3.63) is 18.2 Å². The molecule has 1 saturated carbocycles. The summed E-state index contributed by atoms with van der Waals surface area (Å²) in [6.07, 6.45) is 5.12. The zero-order chi connectivity index (χ0) is 15.5. The molecule has 3 heteroatoms. The Morgan fingerprint density at radius 1 is 0.952 bits per heavy atom. The average molecular weight is 291 g/mol. The molecule has 0 spiro atoms. The average Bonchev–Trinajstić information content (AvgIpc) is 2.46. The second-order valence-electron chi connectivity index (χ2n) is 7.13. The molecule has 0 unspecified atom stereocenters. The van der Waals surface area contributed by atoms with Gasteiger partial charge in [0.25, 0.3) is 0 Å². The number of ether oxygens (including phenoxy) is 2. The molecule has 1 fully saturated rings. The van der Waals surface area contributed by atoms with Crippen LogP contribution in [0, 0.1) is 11.3 Å². The zero-order valence-electron chi connectivity index (χ0n) is 14.0. The van der Waals surface area contributed by atoms with Crippen LogP contribution in [0.5, 0.6) is 11.5 Å². The molecule has 1 aliphatic carbocycles. The molecule has 0 saturated heterocycles. The van der Waals surface area contributed by atoms with Gasteiger partial charge in [-0.2, -0.15) is 0 Å². The highest BCUT2D eigenvalue weighted by Crippen LogP contribution is 2.39. The summed E-state index contributed by atoms with van der Waals surface area (Å²) in [5.41, 5.74) is 1.56. The third kappa shape index (κ3) is 4.05. The Kier molecular flexibility index (Phi) is 5.02. The lowest BCUT2D eigenvalue weighted by atomic mass is 9.71. The highest BCUT2D eigenvalue weighted by Gasteiger charge is 2.29. The van der Waals surface area contributed by atoms with E-state index in [2.05, 4.69) is 32.2 Å². The molecule has 1 aliphatic rings. The first-order valence-corrected chi connectivity index (χ1v) is 7.92. The van der Waals surface area contributed by atoms with Crippen LogP contribution < -0.4 is 14.8 Å². The maximum absolute atomic E-state index is 5.36. The van der Waals surface area contributed by atoms with E-state index < -0.39 is 0 Å². The van der Waals surface area contributed by atoms with Crippen molar-refractivity contribution in [2.45, 2.75) is 52.5 Å². The third-order valence-electron chi connectivity index (χ3n) is 4.71. The monoisotopic (exact) mass is 291 g/mol. The van der Waals surface area contributed by atoms with Crippen LogP contribution in [0.15, 0.2) is 18.2 Å². The van der Waals surface area contributed by atoms with E-state index in [9.17, 15) is 0 Å². The van der Waals surface area contributed by atoms with Crippen LogP contribution in [0.4, 0.5) is 5.69 Å². The van der Waals surface area contributed by atoms with E-state index in [0.717, 1.165) is 23.1 Å². The number of nitrogens with one attached hydrogen (secondary N) is 1. The Hall–Kier alpha value is -1.38. The molecule has 3 nitrogen and oxygen atoms in total. The quantitative estimate of drug-likeness (QED) is 0.870. The summed E-state index contributed by atoms with van der Waals surface area (Å²) in [4.78, 5) is 0. The van der Waals surface area contributed by atoms with E-state index >= 15 is 0 Å². The molecule has 1 aromatic carbocycles. The van der Waals surface area contributed by atoms with E-state index in [1.54, 1.807) is 14.2 Å². The minimum atomic E-state index is 0.439. The topological polar surface area (TPSA) is 30.5 Å². The number of anilines is 1. The molecule has 0 radical (unpaired) electrons. The lowest BCUT2D eigenvalue weighted by Gasteiger charge is -2.37. The van der Waals surface area contributed by atoms with Crippen molar-refractivity contribution < 1.29 is 9.47 Å². The van der Waals surface area contributed by atoms with Gasteiger partial charge in [0.1, 0.15) is 0 Å². The second-order valence-corrected chi connectivity index (χ2v) is 7.13. The smallest absolute Gasteiger partial charge is 0.162 e. The Labute approximate surface area is 129 Å². The molecule has 0 bridgehead atoms. The highest BCUT2D eigenvalue weighted by atomic mass is 16.5. The number of benzene rings is 1.